The van der Waals surface area contributed by atoms with Crippen LogP contribution in [0.5, 0.6) is 0 Å². The Morgan fingerprint density at radius 3 is 2.40 bits per heavy atom. The van der Waals surface area contributed by atoms with E-state index in [0.717, 1.165) is 21.4 Å². The normalized spacial score (nSPS) is 11.3. The number of hydrogen-bond donors (Lipinski definition) is 0. The van der Waals surface area contributed by atoms with Gasteiger partial charge in [0.1, 0.15) is 24.7 Å². The molecule has 0 radical (unpaired) electrons. The summed E-state index contributed by atoms with van der Waals surface area (Å²) in [6.07, 6.45) is 3.45. The summed E-state index contributed by atoms with van der Waals surface area (Å²) in [7, 11) is 0. The number of nitrogens with zero attached hydrogens (tertiary/aromatic N) is 5. The lowest BCUT2D eigenvalue weighted by molar-refractivity contribution is -0.143. The molecule has 0 N–H and O–H groups in total. The van der Waals surface area contributed by atoms with Crippen LogP contribution in [0.1, 0.15) is 32.0 Å². The topological polar surface area (TPSA) is 163 Å². The third-order valence-corrected chi connectivity index (χ3v) is 4.29. The fourth-order valence-corrected chi connectivity index (χ4v) is 2.81. The smallest absolute Gasteiger partial charge is 0.355 e. The molecule has 2 heterocycles. The highest BCUT2D eigenvalue weighted by atomic mass is 16.6. The summed E-state index contributed by atoms with van der Waals surface area (Å²) < 4.78 is 22.9. The van der Waals surface area contributed by atoms with Crippen LogP contribution in [0, 0.1) is 6.92 Å². The summed E-state index contributed by atoms with van der Waals surface area (Å²) in [5.74, 6) is -2.22. The third kappa shape index (κ3) is 7.74. The third-order valence-electron chi connectivity index (χ3n) is 4.29. The summed E-state index contributed by atoms with van der Waals surface area (Å²) in [5, 5.41) is 7.78. The summed E-state index contributed by atoms with van der Waals surface area (Å²) in [4.78, 5) is 61.0. The molecule has 0 aliphatic rings. The average Bonchev–Trinajstić information content (AvgIpc) is 3.25. The van der Waals surface area contributed by atoms with Crippen molar-refractivity contribution in [3.8, 4) is 0 Å². The fraction of sp³-hybridized carbons (Fsp3) is 0.476. The monoisotopic (exact) mass is 493 g/mol. The molecular weight excluding hydrogens is 466 g/mol. The molecule has 14 nitrogen and oxygen atoms in total. The highest BCUT2D eigenvalue weighted by molar-refractivity contribution is 6.14. The van der Waals surface area contributed by atoms with Gasteiger partial charge in [0, 0.05) is 18.7 Å². The van der Waals surface area contributed by atoms with Crippen LogP contribution in [0.15, 0.2) is 28.1 Å². The first-order valence-corrected chi connectivity index (χ1v) is 10.7. The van der Waals surface area contributed by atoms with Crippen LogP contribution in [0.3, 0.4) is 0 Å². The zero-order valence-corrected chi connectivity index (χ0v) is 19.9. The number of carbonyl (C=O) groups excluding carboxylic acids is 3. The molecule has 2 aromatic rings. The van der Waals surface area contributed by atoms with Gasteiger partial charge in [-0.15, -0.1) is 5.10 Å². The van der Waals surface area contributed by atoms with Crippen molar-refractivity contribution in [2.24, 2.45) is 0 Å². The SMILES string of the molecule is CCOC(=O)/C=C(/C(=O)OCC)n1cc(C)c(=O)n(Cc2cn(COCCOC(C)=O)nn2)c1=O. The minimum Gasteiger partial charge on any atom is -0.463 e. The fourth-order valence-electron chi connectivity index (χ4n) is 2.81. The molecule has 14 heteroatoms. The Morgan fingerprint density at radius 2 is 1.74 bits per heavy atom. The zero-order chi connectivity index (χ0) is 26.0. The highest BCUT2D eigenvalue weighted by Crippen LogP contribution is 2.07. The second kappa shape index (κ2) is 13.0. The highest BCUT2D eigenvalue weighted by Gasteiger charge is 2.21. The van der Waals surface area contributed by atoms with Crippen LogP contribution in [-0.2, 0) is 46.6 Å². The van der Waals surface area contributed by atoms with Crippen LogP contribution >= 0.6 is 0 Å². The van der Waals surface area contributed by atoms with Gasteiger partial charge in [-0.25, -0.2) is 19.1 Å². The lowest BCUT2D eigenvalue weighted by atomic mass is 10.3. The minimum atomic E-state index is -0.941. The molecule has 0 aliphatic heterocycles. The van der Waals surface area contributed by atoms with Gasteiger partial charge < -0.3 is 18.9 Å². The lowest BCUT2D eigenvalue weighted by Gasteiger charge is -2.13. The molecule has 2 rings (SSSR count). The molecule has 2 aromatic heterocycles. The number of hydrogen-bond acceptors (Lipinski definition) is 11. The van der Waals surface area contributed by atoms with Gasteiger partial charge in [0.05, 0.1) is 38.6 Å². The Bertz CT molecular complexity index is 1210. The van der Waals surface area contributed by atoms with Crippen molar-refractivity contribution in [3.63, 3.8) is 0 Å². The van der Waals surface area contributed by atoms with Crippen molar-refractivity contribution in [2.45, 2.75) is 41.0 Å². The van der Waals surface area contributed by atoms with Crippen molar-refractivity contribution in [2.75, 3.05) is 26.4 Å². The Labute approximate surface area is 199 Å². The first-order valence-electron chi connectivity index (χ1n) is 10.7. The van der Waals surface area contributed by atoms with E-state index in [4.69, 9.17) is 18.9 Å². The Morgan fingerprint density at radius 1 is 1.03 bits per heavy atom. The van der Waals surface area contributed by atoms with Crippen molar-refractivity contribution < 1.29 is 33.3 Å². The van der Waals surface area contributed by atoms with Crippen molar-refractivity contribution >= 4 is 23.6 Å². The summed E-state index contributed by atoms with van der Waals surface area (Å²) in [6.45, 7) is 5.91. The van der Waals surface area contributed by atoms with Gasteiger partial charge in [-0.05, 0) is 20.8 Å². The number of aryl methyl sites for hydroxylation is 1. The van der Waals surface area contributed by atoms with E-state index in [1.54, 1.807) is 13.8 Å². The molecule has 0 bridgehead atoms. The molecule has 190 valence electrons. The molecular formula is C21H27N5O9. The molecule has 0 aromatic carbocycles. The first-order chi connectivity index (χ1) is 16.7. The number of carbonyl (C=O) groups is 3. The summed E-state index contributed by atoms with van der Waals surface area (Å²) in [6, 6.07) is 0. The molecule has 0 atom stereocenters. The minimum absolute atomic E-state index is 0.00156. The lowest BCUT2D eigenvalue weighted by Crippen LogP contribution is -2.41. The van der Waals surface area contributed by atoms with Gasteiger partial charge in [-0.2, -0.15) is 0 Å². The van der Waals surface area contributed by atoms with Crippen molar-refractivity contribution in [3.05, 3.63) is 50.6 Å². The maximum atomic E-state index is 13.1. The van der Waals surface area contributed by atoms with E-state index in [1.807, 2.05) is 0 Å². The van der Waals surface area contributed by atoms with Crippen LogP contribution < -0.4 is 11.2 Å². The number of aromatic nitrogens is 5. The zero-order valence-electron chi connectivity index (χ0n) is 19.9. The van der Waals surface area contributed by atoms with Gasteiger partial charge >= 0.3 is 23.6 Å². The molecule has 0 unspecified atom stereocenters. The second-order valence-corrected chi connectivity index (χ2v) is 6.98. The molecule has 0 saturated carbocycles. The molecule has 0 saturated heterocycles. The van der Waals surface area contributed by atoms with E-state index < -0.39 is 34.9 Å². The van der Waals surface area contributed by atoms with Crippen molar-refractivity contribution in [1.82, 2.24) is 24.1 Å². The first kappa shape index (κ1) is 27.2. The van der Waals surface area contributed by atoms with E-state index in [2.05, 4.69) is 10.3 Å². The predicted octanol–water partition coefficient (Wildman–Crippen LogP) is -0.537. The molecule has 0 amide bonds. The second-order valence-electron chi connectivity index (χ2n) is 6.98. The molecule has 35 heavy (non-hydrogen) atoms. The van der Waals surface area contributed by atoms with E-state index >= 15 is 0 Å². The van der Waals surface area contributed by atoms with E-state index in [1.165, 1.54) is 24.7 Å². The summed E-state index contributed by atoms with van der Waals surface area (Å²) >= 11 is 0. The van der Waals surface area contributed by atoms with Crippen LogP contribution in [-0.4, -0.2) is 68.5 Å². The van der Waals surface area contributed by atoms with Crippen molar-refractivity contribution in [1.29, 1.82) is 0 Å². The number of rotatable bonds is 12. The van der Waals surface area contributed by atoms with Gasteiger partial charge in [0.2, 0.25) is 0 Å². The number of esters is 3. The predicted molar refractivity (Wildman–Crippen MR) is 119 cm³/mol. The Hall–Kier alpha value is -4.07. The van der Waals surface area contributed by atoms with Crippen LogP contribution in [0.25, 0.3) is 5.70 Å². The van der Waals surface area contributed by atoms with Crippen LogP contribution in [0.4, 0.5) is 0 Å². The molecule has 0 spiro atoms. The number of ether oxygens (including phenoxy) is 4. The molecule has 0 fully saturated rings. The average molecular weight is 493 g/mol. The van der Waals surface area contributed by atoms with E-state index in [0.29, 0.717) is 0 Å². The molecule has 0 aliphatic carbocycles. The van der Waals surface area contributed by atoms with Gasteiger partial charge in [-0.3, -0.25) is 18.7 Å². The van der Waals surface area contributed by atoms with Gasteiger partial charge in [-0.1, -0.05) is 5.21 Å². The maximum absolute atomic E-state index is 13.1. The standard InChI is InChI=1S/C21H27N5O9/c1-5-33-18(28)9-17(20(30)34-6-2)25-10-14(3)19(29)26(21(25)31)12-16-11-24(23-22-16)13-32-7-8-35-15(4)27/h9-11H,5-8,12-13H2,1-4H3/b17-9-. The van der Waals surface area contributed by atoms with Crippen LogP contribution in [0.2, 0.25) is 0 Å². The maximum Gasteiger partial charge on any atom is 0.355 e. The Balaban J connectivity index is 2.32. The van der Waals surface area contributed by atoms with E-state index in [9.17, 15) is 24.0 Å². The quantitative estimate of drug-likeness (QED) is 0.161. The van der Waals surface area contributed by atoms with Gasteiger partial charge in [0.25, 0.3) is 5.56 Å². The largest absolute Gasteiger partial charge is 0.463 e. The van der Waals surface area contributed by atoms with E-state index in [-0.39, 0.29) is 51.0 Å². The summed E-state index contributed by atoms with van der Waals surface area (Å²) in [5.41, 5.74) is -1.52. The Kier molecular flexibility index (Phi) is 10.1. The van der Waals surface area contributed by atoms with Gasteiger partial charge in [0.15, 0.2) is 0 Å².